The first kappa shape index (κ1) is 8.94. The fraction of sp³-hybridized carbons (Fsp3) is 0.667. The highest BCUT2D eigenvalue weighted by molar-refractivity contribution is 5.67. The van der Waals surface area contributed by atoms with Gasteiger partial charge in [0.1, 0.15) is 5.60 Å². The van der Waals surface area contributed by atoms with Crippen LogP contribution in [0.4, 0.5) is 0 Å². The molecule has 2 radical (unpaired) electrons. The third kappa shape index (κ3) is 3.88. The van der Waals surface area contributed by atoms with Crippen LogP contribution in [-0.4, -0.2) is 18.0 Å². The van der Waals surface area contributed by atoms with Crippen molar-refractivity contribution in [2.75, 3.05) is 0 Å². The summed E-state index contributed by atoms with van der Waals surface area (Å²) < 4.78 is 4.31. The number of ether oxygens (including phenoxy) is 1. The lowest BCUT2D eigenvalue weighted by Gasteiger charge is -2.17. The van der Waals surface area contributed by atoms with Crippen LogP contribution in [-0.2, 0) is 19.4 Å². The van der Waals surface area contributed by atoms with Crippen LogP contribution >= 0.6 is 0 Å². The molecule has 4 nitrogen and oxygen atoms in total. The van der Waals surface area contributed by atoms with Gasteiger partial charge >= 0.3 is 12.4 Å². The maximum Gasteiger partial charge on any atom is 0.418 e. The van der Waals surface area contributed by atoms with Crippen LogP contribution in [0.5, 0.6) is 0 Å². The van der Waals surface area contributed by atoms with Crippen molar-refractivity contribution < 1.29 is 19.4 Å². The van der Waals surface area contributed by atoms with E-state index < -0.39 is 11.6 Å². The van der Waals surface area contributed by atoms with Gasteiger partial charge < -0.3 is 4.74 Å². The van der Waals surface area contributed by atoms with Crippen LogP contribution < -0.4 is 0 Å². The van der Waals surface area contributed by atoms with Gasteiger partial charge in [-0.05, 0) is 13.8 Å². The van der Waals surface area contributed by atoms with Crippen LogP contribution in [0, 0.1) is 0 Å². The fourth-order valence-electron chi connectivity index (χ4n) is 0.496. The normalized spacial score (nSPS) is 10.6. The molecule has 0 unspecified atom stereocenters. The Hall–Kier alpha value is -1.06. The summed E-state index contributed by atoms with van der Waals surface area (Å²) >= 11 is 0. The first-order valence-electron chi connectivity index (χ1n) is 2.73. The van der Waals surface area contributed by atoms with Crippen molar-refractivity contribution in [3.8, 4) is 0 Å². The Bertz CT molecular complexity index is 139. The standard InChI is InChI=1S/C6H8O4/c1-6(2,10-4-7)3-5(8)9/h3H2,1-2H3. The molecule has 0 aliphatic carbocycles. The van der Waals surface area contributed by atoms with E-state index in [1.54, 1.807) is 0 Å². The van der Waals surface area contributed by atoms with Crippen LogP contribution in [0.25, 0.3) is 0 Å². The molecule has 0 aromatic carbocycles. The lowest BCUT2D eigenvalue weighted by atomic mass is 10.1. The van der Waals surface area contributed by atoms with E-state index in [2.05, 4.69) is 4.74 Å². The summed E-state index contributed by atoms with van der Waals surface area (Å²) in [5.41, 5.74) is -1.01. The second-order valence-electron chi connectivity index (χ2n) is 2.49. The molecule has 0 N–H and O–H groups in total. The van der Waals surface area contributed by atoms with E-state index >= 15 is 0 Å². The van der Waals surface area contributed by atoms with E-state index in [1.165, 1.54) is 20.3 Å². The summed E-state index contributed by atoms with van der Waals surface area (Å²) in [4.78, 5) is 19.6. The van der Waals surface area contributed by atoms with Crippen molar-refractivity contribution in [2.45, 2.75) is 25.9 Å². The lowest BCUT2D eigenvalue weighted by molar-refractivity contribution is -0.147. The number of rotatable bonds is 4. The summed E-state index contributed by atoms with van der Waals surface area (Å²) in [6.45, 7) is 4.10. The highest BCUT2D eigenvalue weighted by atomic mass is 16.5. The van der Waals surface area contributed by atoms with Gasteiger partial charge in [-0.2, -0.15) is 0 Å². The Balaban J connectivity index is 3.85. The molecule has 0 heterocycles. The van der Waals surface area contributed by atoms with Gasteiger partial charge in [0.05, 0.1) is 6.42 Å². The number of hydrogen-bond acceptors (Lipinski definition) is 3. The Labute approximate surface area is 58.8 Å². The quantitative estimate of drug-likeness (QED) is 0.566. The minimum Gasteiger partial charge on any atom is -0.451 e. The van der Waals surface area contributed by atoms with Gasteiger partial charge in [0.25, 0.3) is 0 Å². The largest absolute Gasteiger partial charge is 0.451 e. The highest BCUT2D eigenvalue weighted by Gasteiger charge is 2.23. The molecule has 0 aromatic rings. The summed E-state index contributed by atoms with van der Waals surface area (Å²) in [5.74, 6) is -1.25. The molecule has 0 rings (SSSR count). The second-order valence-corrected chi connectivity index (χ2v) is 2.49. The van der Waals surface area contributed by atoms with Crippen molar-refractivity contribution in [3.05, 3.63) is 0 Å². The lowest BCUT2D eigenvalue weighted by Crippen LogP contribution is -2.26. The van der Waals surface area contributed by atoms with E-state index in [9.17, 15) is 14.7 Å². The topological polar surface area (TPSA) is 63.3 Å². The van der Waals surface area contributed by atoms with Crippen molar-refractivity contribution in [1.82, 2.24) is 0 Å². The molecule has 0 aliphatic rings. The molecule has 0 aromatic heterocycles. The zero-order valence-corrected chi connectivity index (χ0v) is 5.84. The monoisotopic (exact) mass is 144 g/mol. The molecule has 10 heavy (non-hydrogen) atoms. The first-order chi connectivity index (χ1) is 4.48. The predicted octanol–water partition coefficient (Wildman–Crippen LogP) is 0.196. The zero-order valence-electron chi connectivity index (χ0n) is 5.84. The van der Waals surface area contributed by atoms with E-state index in [-0.39, 0.29) is 6.42 Å². The highest BCUT2D eigenvalue weighted by Crippen LogP contribution is 2.12. The Morgan fingerprint density at radius 1 is 1.60 bits per heavy atom. The Morgan fingerprint density at radius 2 is 2.10 bits per heavy atom. The van der Waals surface area contributed by atoms with Crippen molar-refractivity contribution in [1.29, 1.82) is 0 Å². The van der Waals surface area contributed by atoms with Gasteiger partial charge in [0.2, 0.25) is 0 Å². The van der Waals surface area contributed by atoms with E-state index in [4.69, 9.17) is 0 Å². The third-order valence-electron chi connectivity index (χ3n) is 0.888. The van der Waals surface area contributed by atoms with Gasteiger partial charge in [-0.25, -0.2) is 14.7 Å². The summed E-state index contributed by atoms with van der Waals surface area (Å²) in [6, 6.07) is 0. The summed E-state index contributed by atoms with van der Waals surface area (Å²) in [7, 11) is 0. The molecular formula is C6H8O4. The molecule has 0 aliphatic heterocycles. The molecule has 0 saturated heterocycles. The molecule has 0 fully saturated rings. The van der Waals surface area contributed by atoms with Gasteiger partial charge in [0, 0.05) is 0 Å². The predicted molar refractivity (Wildman–Crippen MR) is 31.2 cm³/mol. The SMILES string of the molecule is CC(C)(CC([O])=O)O[C]=O. The zero-order chi connectivity index (χ0) is 8.20. The third-order valence-corrected chi connectivity index (χ3v) is 0.888. The van der Waals surface area contributed by atoms with Crippen molar-refractivity contribution in [3.63, 3.8) is 0 Å². The number of carbonyl (C=O) groups is 1. The fourth-order valence-corrected chi connectivity index (χ4v) is 0.496. The average Bonchev–Trinajstić information content (AvgIpc) is 1.59. The van der Waals surface area contributed by atoms with Gasteiger partial charge in [0.15, 0.2) is 0 Å². The van der Waals surface area contributed by atoms with Gasteiger partial charge in [-0.15, -0.1) is 0 Å². The number of hydrogen-bond donors (Lipinski definition) is 0. The van der Waals surface area contributed by atoms with Crippen LogP contribution in [0.2, 0.25) is 0 Å². The van der Waals surface area contributed by atoms with E-state index in [1.807, 2.05) is 0 Å². The summed E-state index contributed by atoms with van der Waals surface area (Å²) in [6.07, 6.45) is -0.317. The Kier molecular flexibility index (Phi) is 2.86. The maximum absolute atomic E-state index is 9.97. The molecule has 56 valence electrons. The van der Waals surface area contributed by atoms with E-state index in [0.717, 1.165) is 0 Å². The van der Waals surface area contributed by atoms with Crippen LogP contribution in [0.15, 0.2) is 0 Å². The number of carbonyl (C=O) groups excluding carboxylic acids is 2. The molecule has 0 saturated carbocycles. The molecule has 0 spiro atoms. The van der Waals surface area contributed by atoms with Crippen molar-refractivity contribution >= 4 is 12.4 Å². The van der Waals surface area contributed by atoms with Crippen molar-refractivity contribution in [2.24, 2.45) is 0 Å². The molecule has 0 atom stereocenters. The minimum atomic E-state index is -1.25. The van der Waals surface area contributed by atoms with Gasteiger partial charge in [-0.3, -0.25) is 0 Å². The Morgan fingerprint density at radius 3 is 2.40 bits per heavy atom. The van der Waals surface area contributed by atoms with Gasteiger partial charge in [-0.1, -0.05) is 0 Å². The van der Waals surface area contributed by atoms with Crippen LogP contribution in [0.3, 0.4) is 0 Å². The smallest absolute Gasteiger partial charge is 0.418 e. The first-order valence-corrected chi connectivity index (χ1v) is 2.73. The molecule has 4 heteroatoms. The minimum absolute atomic E-state index is 0.317. The maximum atomic E-state index is 9.97. The molecular weight excluding hydrogens is 136 g/mol. The van der Waals surface area contributed by atoms with E-state index in [0.29, 0.717) is 0 Å². The molecule has 0 bridgehead atoms. The second kappa shape index (κ2) is 3.20. The summed E-state index contributed by atoms with van der Waals surface area (Å²) in [5, 5.41) is 9.97. The average molecular weight is 144 g/mol. The molecule has 0 amide bonds. The van der Waals surface area contributed by atoms with Crippen LogP contribution in [0.1, 0.15) is 20.3 Å².